The largest absolute Gasteiger partial charge is 0.459 e. The molecule has 11 heteroatoms. The molecule has 0 spiro atoms. The van der Waals surface area contributed by atoms with E-state index in [2.05, 4.69) is 4.98 Å². The van der Waals surface area contributed by atoms with Crippen LogP contribution in [0.3, 0.4) is 0 Å². The second-order valence-electron chi connectivity index (χ2n) is 7.41. The van der Waals surface area contributed by atoms with E-state index in [1.807, 2.05) is 0 Å². The quantitative estimate of drug-likeness (QED) is 0.512. The van der Waals surface area contributed by atoms with Gasteiger partial charge in [-0.15, -0.1) is 0 Å². The summed E-state index contributed by atoms with van der Waals surface area (Å²) in [5.41, 5.74) is -0.752. The van der Waals surface area contributed by atoms with Gasteiger partial charge in [0.1, 0.15) is 25.0 Å². The zero-order valence-electron chi connectivity index (χ0n) is 17.5. The number of ether oxygens (including phenoxy) is 3. The monoisotopic (exact) mass is 504 g/mol. The van der Waals surface area contributed by atoms with E-state index in [0.29, 0.717) is 10.0 Å². The standard InChI is InChI=1S/C23H18Cl2N2O7/c24-15-5-1-13(2-6-15)21(29)32-12-18-17(34-22(30)14-3-7-16(25)8-4-14)11-20(33-18)27-19(28)9-10-26-23(27)31/h1-10,17-18,20H,11-12H2,(H,26,31)/t17-,18-,20-/m1/s1. The molecular weight excluding hydrogens is 487 g/mol. The lowest BCUT2D eigenvalue weighted by Crippen LogP contribution is -2.37. The van der Waals surface area contributed by atoms with Crippen molar-refractivity contribution in [1.82, 2.24) is 9.55 Å². The number of halogens is 2. The molecule has 3 atom stereocenters. The van der Waals surface area contributed by atoms with Crippen LogP contribution in [0, 0.1) is 0 Å². The minimum Gasteiger partial charge on any atom is -0.459 e. The van der Waals surface area contributed by atoms with Crippen molar-refractivity contribution in [3.05, 3.63) is 103 Å². The van der Waals surface area contributed by atoms with Crippen LogP contribution < -0.4 is 11.2 Å². The number of hydrogen-bond donors (Lipinski definition) is 1. The minimum absolute atomic E-state index is 0.00447. The van der Waals surface area contributed by atoms with Crippen LogP contribution in [0.15, 0.2) is 70.4 Å². The number of aromatic amines is 1. The number of nitrogens with zero attached hydrogens (tertiary/aromatic N) is 1. The first-order valence-electron chi connectivity index (χ1n) is 10.2. The number of aromatic nitrogens is 2. The molecule has 1 aliphatic heterocycles. The third-order valence-corrected chi connectivity index (χ3v) is 5.66. The summed E-state index contributed by atoms with van der Waals surface area (Å²) in [5.74, 6) is -1.30. The van der Waals surface area contributed by atoms with Gasteiger partial charge in [-0.05, 0) is 48.5 Å². The zero-order chi connectivity index (χ0) is 24.2. The lowest BCUT2D eigenvalue weighted by molar-refractivity contribution is -0.0589. The first-order valence-corrected chi connectivity index (χ1v) is 10.9. The van der Waals surface area contributed by atoms with Gasteiger partial charge in [-0.3, -0.25) is 4.79 Å². The van der Waals surface area contributed by atoms with E-state index in [-0.39, 0.29) is 24.2 Å². The molecule has 0 bridgehead atoms. The number of hydrogen-bond acceptors (Lipinski definition) is 7. The third-order valence-electron chi connectivity index (χ3n) is 5.15. The molecule has 0 saturated carbocycles. The van der Waals surface area contributed by atoms with Crippen LogP contribution in [-0.2, 0) is 14.2 Å². The summed E-state index contributed by atoms with van der Waals surface area (Å²) in [6, 6.07) is 13.4. The van der Waals surface area contributed by atoms with E-state index in [1.54, 1.807) is 24.3 Å². The Hall–Kier alpha value is -3.40. The van der Waals surface area contributed by atoms with Crippen LogP contribution in [0.5, 0.6) is 0 Å². The highest BCUT2D eigenvalue weighted by atomic mass is 35.5. The summed E-state index contributed by atoms with van der Waals surface area (Å²) in [6.07, 6.45) is -1.64. The number of carbonyl (C=O) groups excluding carboxylic acids is 2. The Morgan fingerprint density at radius 3 is 2.12 bits per heavy atom. The summed E-state index contributed by atoms with van der Waals surface area (Å²) >= 11 is 11.7. The molecule has 4 rings (SSSR count). The van der Waals surface area contributed by atoms with Crippen molar-refractivity contribution >= 4 is 35.1 Å². The van der Waals surface area contributed by atoms with Gasteiger partial charge in [0.25, 0.3) is 5.56 Å². The average molecular weight is 505 g/mol. The lowest BCUT2D eigenvalue weighted by Gasteiger charge is -2.19. The molecule has 1 aromatic heterocycles. The summed E-state index contributed by atoms with van der Waals surface area (Å²) < 4.78 is 17.6. The molecule has 2 aromatic carbocycles. The molecule has 1 saturated heterocycles. The molecule has 3 aromatic rings. The van der Waals surface area contributed by atoms with Crippen LogP contribution in [0.2, 0.25) is 10.0 Å². The van der Waals surface area contributed by atoms with E-state index in [9.17, 15) is 19.2 Å². The van der Waals surface area contributed by atoms with Crippen molar-refractivity contribution in [2.75, 3.05) is 6.61 Å². The van der Waals surface area contributed by atoms with Crippen molar-refractivity contribution in [1.29, 1.82) is 0 Å². The van der Waals surface area contributed by atoms with Crippen molar-refractivity contribution < 1.29 is 23.8 Å². The Bertz CT molecular complexity index is 1270. The predicted octanol–water partition coefficient (Wildman–Crippen LogP) is 3.21. The van der Waals surface area contributed by atoms with Gasteiger partial charge in [-0.2, -0.15) is 0 Å². The summed E-state index contributed by atoms with van der Waals surface area (Å²) in [7, 11) is 0. The maximum atomic E-state index is 12.6. The molecule has 0 radical (unpaired) electrons. The second-order valence-corrected chi connectivity index (χ2v) is 8.28. The Morgan fingerprint density at radius 1 is 0.941 bits per heavy atom. The summed E-state index contributed by atoms with van der Waals surface area (Å²) in [4.78, 5) is 51.9. The van der Waals surface area contributed by atoms with Gasteiger partial charge in [0.05, 0.1) is 11.1 Å². The molecule has 34 heavy (non-hydrogen) atoms. The summed E-state index contributed by atoms with van der Waals surface area (Å²) in [6.45, 7) is -0.282. The smallest absolute Gasteiger partial charge is 0.338 e. The van der Waals surface area contributed by atoms with E-state index < -0.39 is 41.6 Å². The Balaban J connectivity index is 1.52. The topological polar surface area (TPSA) is 117 Å². The minimum atomic E-state index is -1.03. The number of benzene rings is 2. The Kier molecular flexibility index (Phi) is 7.16. The third kappa shape index (κ3) is 5.39. The molecule has 0 amide bonds. The molecule has 1 N–H and O–H groups in total. The number of esters is 2. The van der Waals surface area contributed by atoms with Gasteiger partial charge in [-0.25, -0.2) is 19.0 Å². The molecule has 176 valence electrons. The lowest BCUT2D eigenvalue weighted by atomic mass is 10.1. The fraction of sp³-hybridized carbons (Fsp3) is 0.217. The highest BCUT2D eigenvalue weighted by molar-refractivity contribution is 6.31. The van der Waals surface area contributed by atoms with Crippen LogP contribution >= 0.6 is 23.2 Å². The predicted molar refractivity (Wildman–Crippen MR) is 122 cm³/mol. The molecule has 1 fully saturated rings. The van der Waals surface area contributed by atoms with Gasteiger partial charge in [0.15, 0.2) is 0 Å². The Morgan fingerprint density at radius 2 is 1.53 bits per heavy atom. The molecule has 2 heterocycles. The van der Waals surface area contributed by atoms with E-state index >= 15 is 0 Å². The van der Waals surface area contributed by atoms with Crippen LogP contribution in [0.1, 0.15) is 33.4 Å². The first kappa shape index (κ1) is 23.7. The highest BCUT2D eigenvalue weighted by Crippen LogP contribution is 2.30. The molecule has 0 aliphatic carbocycles. The molecule has 1 aliphatic rings. The zero-order valence-corrected chi connectivity index (χ0v) is 19.0. The fourth-order valence-electron chi connectivity index (χ4n) is 3.46. The van der Waals surface area contributed by atoms with Crippen LogP contribution in [0.25, 0.3) is 0 Å². The SMILES string of the molecule is O=C(OC[C@H]1O[C@@H](n2c(=O)cc[nH]c2=O)C[C@H]1OC(=O)c1ccc(Cl)cc1)c1ccc(Cl)cc1. The van der Waals surface area contributed by atoms with Crippen molar-refractivity contribution in [3.8, 4) is 0 Å². The maximum Gasteiger partial charge on any atom is 0.338 e. The number of rotatable bonds is 6. The van der Waals surface area contributed by atoms with Gasteiger partial charge in [0, 0.05) is 28.7 Å². The van der Waals surface area contributed by atoms with E-state index in [1.165, 1.54) is 36.5 Å². The van der Waals surface area contributed by atoms with Gasteiger partial charge in [0.2, 0.25) is 0 Å². The van der Waals surface area contributed by atoms with Crippen molar-refractivity contribution in [2.45, 2.75) is 24.9 Å². The number of H-pyrrole nitrogens is 1. The van der Waals surface area contributed by atoms with Gasteiger partial charge < -0.3 is 19.2 Å². The molecule has 0 unspecified atom stereocenters. The number of carbonyl (C=O) groups is 2. The van der Waals surface area contributed by atoms with Crippen molar-refractivity contribution in [3.63, 3.8) is 0 Å². The van der Waals surface area contributed by atoms with Gasteiger partial charge in [-0.1, -0.05) is 23.2 Å². The normalized spacial score (nSPS) is 19.5. The van der Waals surface area contributed by atoms with Gasteiger partial charge >= 0.3 is 17.6 Å². The Labute approximate surface area is 202 Å². The van der Waals surface area contributed by atoms with E-state index in [4.69, 9.17) is 37.4 Å². The summed E-state index contributed by atoms with van der Waals surface area (Å²) in [5, 5.41) is 0.918. The van der Waals surface area contributed by atoms with Crippen molar-refractivity contribution in [2.24, 2.45) is 0 Å². The maximum absolute atomic E-state index is 12.6. The fourth-order valence-corrected chi connectivity index (χ4v) is 3.71. The highest BCUT2D eigenvalue weighted by Gasteiger charge is 2.41. The van der Waals surface area contributed by atoms with Crippen LogP contribution in [0.4, 0.5) is 0 Å². The van der Waals surface area contributed by atoms with Crippen LogP contribution in [-0.4, -0.2) is 40.3 Å². The average Bonchev–Trinajstić information content (AvgIpc) is 3.20. The molecule has 9 nitrogen and oxygen atoms in total. The van der Waals surface area contributed by atoms with E-state index in [0.717, 1.165) is 4.57 Å². The first-order chi connectivity index (χ1) is 16.3. The number of nitrogens with one attached hydrogen (secondary N) is 1. The second kappa shape index (κ2) is 10.3. The molecular formula is C23H18Cl2N2O7.